The van der Waals surface area contributed by atoms with Crippen molar-refractivity contribution >= 4 is 39.9 Å². The van der Waals surface area contributed by atoms with Gasteiger partial charge in [-0.2, -0.15) is 0 Å². The first-order valence-electron chi connectivity index (χ1n) is 11.0. The third-order valence-corrected chi connectivity index (χ3v) is 7.91. The van der Waals surface area contributed by atoms with Gasteiger partial charge in [-0.25, -0.2) is 4.21 Å². The van der Waals surface area contributed by atoms with Gasteiger partial charge in [0.05, 0.1) is 38.4 Å². The zero-order valence-electron chi connectivity index (χ0n) is 18.0. The molecule has 1 unspecified atom stereocenters. The molecule has 7 heteroatoms. The van der Waals surface area contributed by atoms with Crippen molar-refractivity contribution in [2.45, 2.75) is 35.6 Å². The quantitative estimate of drug-likeness (QED) is 0.513. The number of hydrogen-bond acceptors (Lipinski definition) is 3. The maximum absolute atomic E-state index is 13.7. The minimum Gasteiger partial charge on any atom is -0.339 e. The topological polar surface area (TPSA) is 57.7 Å². The minimum absolute atomic E-state index is 0.0519. The number of piperidine rings is 1. The van der Waals surface area contributed by atoms with Crippen LogP contribution in [0.4, 0.5) is 5.69 Å². The molecule has 0 radical (unpaired) electrons. The number of likely N-dealkylation sites (tertiary alicyclic amines) is 1. The lowest BCUT2D eigenvalue weighted by molar-refractivity contribution is 0.0724. The van der Waals surface area contributed by atoms with E-state index in [0.29, 0.717) is 31.6 Å². The third kappa shape index (κ3) is 4.21. The van der Waals surface area contributed by atoms with E-state index in [4.69, 9.17) is 11.6 Å². The Morgan fingerprint density at radius 3 is 2.39 bits per heavy atom. The molecule has 2 amide bonds. The summed E-state index contributed by atoms with van der Waals surface area (Å²) in [7, 11) is -1.55. The van der Waals surface area contributed by atoms with Gasteiger partial charge in [-0.1, -0.05) is 35.9 Å². The largest absolute Gasteiger partial charge is 0.339 e. The molecule has 168 valence electrons. The number of carbonyl (C=O) groups excluding carboxylic acids is 2. The summed E-state index contributed by atoms with van der Waals surface area (Å²) in [5, 5.41) is 0.613. The third-order valence-electron chi connectivity index (χ3n) is 6.16. The molecule has 33 heavy (non-hydrogen) atoms. The molecule has 3 aromatic rings. The van der Waals surface area contributed by atoms with Crippen molar-refractivity contribution in [1.82, 2.24) is 4.90 Å². The molecule has 0 aliphatic carbocycles. The molecule has 0 spiro atoms. The molecule has 0 bridgehead atoms. The monoisotopic (exact) mass is 478 g/mol. The van der Waals surface area contributed by atoms with Crippen LogP contribution in [-0.4, -0.2) is 34.0 Å². The summed E-state index contributed by atoms with van der Waals surface area (Å²) in [6.07, 6.45) is 3.13. The van der Waals surface area contributed by atoms with E-state index >= 15 is 0 Å². The first-order chi connectivity index (χ1) is 16.0. The summed E-state index contributed by atoms with van der Waals surface area (Å²) in [6, 6.07) is 19.5. The average Bonchev–Trinajstić information content (AvgIpc) is 2.95. The molecule has 5 rings (SSSR count). The molecule has 1 saturated heterocycles. The molecular weight excluding hydrogens is 456 g/mol. The second kappa shape index (κ2) is 9.12. The fourth-order valence-corrected chi connectivity index (χ4v) is 5.88. The molecule has 5 nitrogen and oxygen atoms in total. The predicted octanol–water partition coefficient (Wildman–Crippen LogP) is 5.29. The number of halogens is 1. The van der Waals surface area contributed by atoms with Crippen molar-refractivity contribution in [1.29, 1.82) is 0 Å². The summed E-state index contributed by atoms with van der Waals surface area (Å²) in [5.74, 6) is -0.292. The van der Waals surface area contributed by atoms with E-state index in [0.717, 1.165) is 37.9 Å². The highest BCUT2D eigenvalue weighted by atomic mass is 35.5. The predicted molar refractivity (Wildman–Crippen MR) is 129 cm³/mol. The fraction of sp³-hybridized carbons (Fsp3) is 0.231. The van der Waals surface area contributed by atoms with Gasteiger partial charge in [-0.15, -0.1) is 0 Å². The summed E-state index contributed by atoms with van der Waals surface area (Å²) >= 11 is 6.04. The lowest BCUT2D eigenvalue weighted by Gasteiger charge is -2.28. The molecule has 3 aromatic carbocycles. The van der Waals surface area contributed by atoms with Gasteiger partial charge in [-0.05, 0) is 67.3 Å². The number of fused-ring (bicyclic) bond motifs is 2. The zero-order valence-corrected chi connectivity index (χ0v) is 19.6. The molecule has 1 atom stereocenters. The second-order valence-electron chi connectivity index (χ2n) is 8.32. The number of hydrogen-bond donors (Lipinski definition) is 0. The van der Waals surface area contributed by atoms with Crippen LogP contribution in [0.2, 0.25) is 5.02 Å². The van der Waals surface area contributed by atoms with Crippen LogP contribution in [0.3, 0.4) is 0 Å². The SMILES string of the molecule is O=C(c1ccc2c(c1)N(Cc1ccc(Cl)cc1)C(=O)c1ccccc1S2=O)N1CCCCC1. The van der Waals surface area contributed by atoms with Crippen LogP contribution >= 0.6 is 11.6 Å². The lowest BCUT2D eigenvalue weighted by Crippen LogP contribution is -2.36. The van der Waals surface area contributed by atoms with Crippen LogP contribution < -0.4 is 4.90 Å². The van der Waals surface area contributed by atoms with Crippen molar-refractivity contribution in [2.75, 3.05) is 18.0 Å². The fourth-order valence-electron chi connectivity index (χ4n) is 4.41. The number of nitrogens with zero attached hydrogens (tertiary/aromatic N) is 2. The van der Waals surface area contributed by atoms with E-state index in [1.807, 2.05) is 17.0 Å². The Morgan fingerprint density at radius 2 is 1.64 bits per heavy atom. The van der Waals surface area contributed by atoms with Crippen LogP contribution in [0, 0.1) is 0 Å². The van der Waals surface area contributed by atoms with Crippen LogP contribution in [0.5, 0.6) is 0 Å². The molecule has 2 aliphatic heterocycles. The highest BCUT2D eigenvalue weighted by Crippen LogP contribution is 2.36. The summed E-state index contributed by atoms with van der Waals surface area (Å²) in [4.78, 5) is 31.3. The van der Waals surface area contributed by atoms with Crippen molar-refractivity contribution in [3.63, 3.8) is 0 Å². The maximum atomic E-state index is 13.7. The van der Waals surface area contributed by atoms with E-state index in [9.17, 15) is 13.8 Å². The molecular formula is C26H23ClN2O3S. The molecule has 2 heterocycles. The number of rotatable bonds is 3. The van der Waals surface area contributed by atoms with E-state index in [-0.39, 0.29) is 18.4 Å². The lowest BCUT2D eigenvalue weighted by atomic mass is 10.1. The second-order valence-corrected chi connectivity index (χ2v) is 10.2. The van der Waals surface area contributed by atoms with Crippen LogP contribution in [0.1, 0.15) is 45.5 Å². The number of benzene rings is 3. The van der Waals surface area contributed by atoms with Gasteiger partial charge in [0.2, 0.25) is 0 Å². The van der Waals surface area contributed by atoms with Gasteiger partial charge in [-0.3, -0.25) is 9.59 Å². The van der Waals surface area contributed by atoms with Crippen LogP contribution in [0.15, 0.2) is 76.5 Å². The van der Waals surface area contributed by atoms with E-state index in [1.165, 1.54) is 0 Å². The summed E-state index contributed by atoms with van der Waals surface area (Å²) in [5.41, 5.74) is 2.31. The summed E-state index contributed by atoms with van der Waals surface area (Å²) in [6.45, 7) is 1.75. The Bertz CT molecular complexity index is 1250. The van der Waals surface area contributed by atoms with E-state index < -0.39 is 10.8 Å². The summed E-state index contributed by atoms with van der Waals surface area (Å²) < 4.78 is 13.5. The number of amides is 2. The standard InChI is InChI=1S/C26H23ClN2O3S/c27-20-11-8-18(9-12-20)17-29-22-16-19(25(30)28-14-4-1-5-15-28)10-13-24(22)33(32)23-7-3-2-6-21(23)26(29)31/h2-3,6-13,16H,1,4-5,14-15,17H2. The van der Waals surface area contributed by atoms with Crippen LogP contribution in [0.25, 0.3) is 0 Å². The first kappa shape index (κ1) is 21.9. The highest BCUT2D eigenvalue weighted by molar-refractivity contribution is 7.85. The number of carbonyl (C=O) groups is 2. The van der Waals surface area contributed by atoms with Gasteiger partial charge in [0, 0.05) is 23.7 Å². The van der Waals surface area contributed by atoms with Crippen molar-refractivity contribution in [3.8, 4) is 0 Å². The van der Waals surface area contributed by atoms with Gasteiger partial charge < -0.3 is 9.80 Å². The van der Waals surface area contributed by atoms with E-state index in [1.54, 1.807) is 59.5 Å². The Labute approximate surface area is 200 Å². The van der Waals surface area contributed by atoms with Crippen molar-refractivity contribution < 1.29 is 13.8 Å². The van der Waals surface area contributed by atoms with Gasteiger partial charge in [0.25, 0.3) is 11.8 Å². The Morgan fingerprint density at radius 1 is 0.909 bits per heavy atom. The van der Waals surface area contributed by atoms with Crippen LogP contribution in [-0.2, 0) is 17.3 Å². The molecule has 0 N–H and O–H groups in total. The number of anilines is 1. The first-order valence-corrected chi connectivity index (χ1v) is 12.6. The van der Waals surface area contributed by atoms with E-state index in [2.05, 4.69) is 0 Å². The molecule has 1 fully saturated rings. The maximum Gasteiger partial charge on any atom is 0.259 e. The molecule has 2 aliphatic rings. The Hall–Kier alpha value is -2.96. The molecule has 0 saturated carbocycles. The average molecular weight is 479 g/mol. The van der Waals surface area contributed by atoms with Gasteiger partial charge >= 0.3 is 0 Å². The Kier molecular flexibility index (Phi) is 6.04. The highest BCUT2D eigenvalue weighted by Gasteiger charge is 2.32. The van der Waals surface area contributed by atoms with Gasteiger partial charge in [0.15, 0.2) is 0 Å². The van der Waals surface area contributed by atoms with Gasteiger partial charge in [0.1, 0.15) is 0 Å². The zero-order chi connectivity index (χ0) is 22.9. The normalized spacial score (nSPS) is 17.8. The smallest absolute Gasteiger partial charge is 0.259 e. The van der Waals surface area contributed by atoms with Crippen molar-refractivity contribution in [2.24, 2.45) is 0 Å². The molecule has 0 aromatic heterocycles. The minimum atomic E-state index is -1.55. The Balaban J connectivity index is 1.61. The van der Waals surface area contributed by atoms with Crippen molar-refractivity contribution in [3.05, 3.63) is 88.4 Å².